The number of rotatable bonds is 9. The minimum atomic E-state index is 0.0362. The fourth-order valence-corrected chi connectivity index (χ4v) is 6.70. The van der Waals surface area contributed by atoms with Crippen LogP contribution in [0.2, 0.25) is 0 Å². The van der Waals surface area contributed by atoms with Crippen LogP contribution in [0.3, 0.4) is 0 Å². The van der Waals surface area contributed by atoms with Crippen LogP contribution in [0, 0.1) is 29.6 Å². The van der Waals surface area contributed by atoms with Gasteiger partial charge in [0.2, 0.25) is 0 Å². The van der Waals surface area contributed by atoms with Gasteiger partial charge in [-0.25, -0.2) is 0 Å². The van der Waals surface area contributed by atoms with E-state index in [4.69, 9.17) is 4.74 Å². The Bertz CT molecular complexity index is 446. The summed E-state index contributed by atoms with van der Waals surface area (Å²) in [6, 6.07) is 0. The van der Waals surface area contributed by atoms with E-state index in [9.17, 15) is 4.79 Å². The number of unbranched alkanes of at least 4 members (excludes halogenated alkanes) is 4. The Labute approximate surface area is 168 Å². The monoisotopic (exact) mass is 376 g/mol. The molecule has 3 saturated carbocycles. The van der Waals surface area contributed by atoms with Crippen molar-refractivity contribution in [2.45, 2.75) is 123 Å². The Morgan fingerprint density at radius 3 is 2.22 bits per heavy atom. The van der Waals surface area contributed by atoms with E-state index in [1.165, 1.54) is 77.0 Å². The Hall–Kier alpha value is -0.530. The third-order valence-electron chi connectivity index (χ3n) is 8.07. The largest absolute Gasteiger partial charge is 0.462 e. The predicted octanol–water partition coefficient (Wildman–Crippen LogP) is 7.30. The summed E-state index contributed by atoms with van der Waals surface area (Å²) in [5, 5.41) is 0. The van der Waals surface area contributed by atoms with Gasteiger partial charge in [-0.3, -0.25) is 4.79 Å². The van der Waals surface area contributed by atoms with Crippen molar-refractivity contribution in [2.75, 3.05) is 0 Å². The first kappa shape index (κ1) is 21.2. The second-order valence-corrected chi connectivity index (χ2v) is 9.98. The van der Waals surface area contributed by atoms with Gasteiger partial charge < -0.3 is 4.74 Å². The molecule has 3 aliphatic carbocycles. The van der Waals surface area contributed by atoms with Crippen LogP contribution in [0.5, 0.6) is 0 Å². The van der Waals surface area contributed by atoms with Crippen molar-refractivity contribution in [2.24, 2.45) is 29.6 Å². The maximum Gasteiger partial charge on any atom is 0.306 e. The molecule has 3 fully saturated rings. The third-order valence-corrected chi connectivity index (χ3v) is 8.07. The molecule has 0 aromatic carbocycles. The van der Waals surface area contributed by atoms with Gasteiger partial charge in [0, 0.05) is 6.42 Å². The summed E-state index contributed by atoms with van der Waals surface area (Å²) in [5.74, 6) is 4.84. The zero-order valence-electron chi connectivity index (χ0n) is 18.1. The quantitative estimate of drug-likeness (QED) is 0.312. The highest BCUT2D eigenvalue weighted by molar-refractivity contribution is 5.69. The second kappa shape index (κ2) is 10.9. The first-order valence-corrected chi connectivity index (χ1v) is 12.4. The van der Waals surface area contributed by atoms with E-state index >= 15 is 0 Å². The average Bonchev–Trinajstić information content (AvgIpc) is 2.67. The second-order valence-electron chi connectivity index (χ2n) is 9.98. The molecule has 2 heteroatoms. The normalized spacial score (nSPS) is 35.9. The van der Waals surface area contributed by atoms with Crippen LogP contribution in [0.25, 0.3) is 0 Å². The maximum absolute atomic E-state index is 11.9. The van der Waals surface area contributed by atoms with Crippen LogP contribution in [-0.2, 0) is 9.53 Å². The molecule has 0 bridgehead atoms. The molecule has 3 aliphatic rings. The third kappa shape index (κ3) is 5.97. The molecule has 0 aromatic rings. The molecule has 0 heterocycles. The highest BCUT2D eigenvalue weighted by atomic mass is 16.5. The summed E-state index contributed by atoms with van der Waals surface area (Å²) in [4.78, 5) is 11.9. The summed E-state index contributed by atoms with van der Waals surface area (Å²) in [6.45, 7) is 4.36. The van der Waals surface area contributed by atoms with E-state index in [0.29, 0.717) is 6.42 Å². The molecule has 0 spiro atoms. The lowest BCUT2D eigenvalue weighted by molar-refractivity contribution is -0.153. The van der Waals surface area contributed by atoms with Crippen molar-refractivity contribution in [3.63, 3.8) is 0 Å². The smallest absolute Gasteiger partial charge is 0.306 e. The number of carbonyl (C=O) groups excluding carboxylic acids is 1. The van der Waals surface area contributed by atoms with Crippen LogP contribution in [0.15, 0.2) is 0 Å². The molecule has 0 radical (unpaired) electrons. The minimum Gasteiger partial charge on any atom is -0.462 e. The lowest BCUT2D eigenvalue weighted by Gasteiger charge is -2.50. The molecule has 0 aliphatic heterocycles. The van der Waals surface area contributed by atoms with Gasteiger partial charge in [-0.1, -0.05) is 58.8 Å². The van der Waals surface area contributed by atoms with Crippen LogP contribution in [0.1, 0.15) is 117 Å². The summed E-state index contributed by atoms with van der Waals surface area (Å²) in [7, 11) is 0. The SMILES string of the molecule is CCCCCCC[C@H]1CCC2C(CCC3C[C@@H](OC(=O)CCC)CCC32)C1. The maximum atomic E-state index is 11.9. The van der Waals surface area contributed by atoms with Gasteiger partial charge in [0.05, 0.1) is 0 Å². The van der Waals surface area contributed by atoms with Crippen molar-refractivity contribution in [3.05, 3.63) is 0 Å². The first-order chi connectivity index (χ1) is 13.2. The van der Waals surface area contributed by atoms with Crippen LogP contribution < -0.4 is 0 Å². The molecule has 0 N–H and O–H groups in total. The lowest BCUT2D eigenvalue weighted by atomic mass is 9.56. The molecule has 0 amide bonds. The van der Waals surface area contributed by atoms with Gasteiger partial charge in [0.25, 0.3) is 0 Å². The number of carbonyl (C=O) groups is 1. The Kier molecular flexibility index (Phi) is 8.52. The Morgan fingerprint density at radius 1 is 0.778 bits per heavy atom. The van der Waals surface area contributed by atoms with Crippen molar-refractivity contribution in [1.82, 2.24) is 0 Å². The van der Waals surface area contributed by atoms with E-state index in [-0.39, 0.29) is 12.1 Å². The van der Waals surface area contributed by atoms with E-state index in [0.717, 1.165) is 48.9 Å². The van der Waals surface area contributed by atoms with Gasteiger partial charge in [-0.15, -0.1) is 0 Å². The van der Waals surface area contributed by atoms with E-state index in [1.807, 2.05) is 0 Å². The van der Waals surface area contributed by atoms with Gasteiger partial charge in [0.15, 0.2) is 0 Å². The molecule has 156 valence electrons. The van der Waals surface area contributed by atoms with Crippen molar-refractivity contribution < 1.29 is 9.53 Å². The van der Waals surface area contributed by atoms with Crippen molar-refractivity contribution in [3.8, 4) is 0 Å². The topological polar surface area (TPSA) is 26.3 Å². The molecule has 0 aromatic heterocycles. The number of fused-ring (bicyclic) bond motifs is 3. The molecule has 4 unspecified atom stereocenters. The number of esters is 1. The summed E-state index contributed by atoms with van der Waals surface area (Å²) in [5.41, 5.74) is 0. The van der Waals surface area contributed by atoms with Gasteiger partial charge in [-0.05, 0) is 81.0 Å². The summed E-state index contributed by atoms with van der Waals surface area (Å²) in [6.07, 6.45) is 21.3. The first-order valence-electron chi connectivity index (χ1n) is 12.4. The number of ether oxygens (including phenoxy) is 1. The van der Waals surface area contributed by atoms with Gasteiger partial charge in [0.1, 0.15) is 6.10 Å². The van der Waals surface area contributed by atoms with Crippen molar-refractivity contribution >= 4 is 5.97 Å². The van der Waals surface area contributed by atoms with E-state index < -0.39 is 0 Å². The zero-order valence-corrected chi connectivity index (χ0v) is 18.1. The van der Waals surface area contributed by atoms with Crippen molar-refractivity contribution in [1.29, 1.82) is 0 Å². The van der Waals surface area contributed by atoms with Gasteiger partial charge in [-0.2, -0.15) is 0 Å². The lowest BCUT2D eigenvalue weighted by Crippen LogP contribution is -2.43. The van der Waals surface area contributed by atoms with Crippen LogP contribution >= 0.6 is 0 Å². The summed E-state index contributed by atoms with van der Waals surface area (Å²) >= 11 is 0. The highest BCUT2D eigenvalue weighted by Crippen LogP contribution is 2.53. The van der Waals surface area contributed by atoms with E-state index in [1.54, 1.807) is 0 Å². The molecule has 27 heavy (non-hydrogen) atoms. The molecular formula is C25H44O2. The Morgan fingerprint density at radius 2 is 1.48 bits per heavy atom. The Balaban J connectivity index is 1.41. The number of hydrogen-bond donors (Lipinski definition) is 0. The van der Waals surface area contributed by atoms with Crippen LogP contribution in [0.4, 0.5) is 0 Å². The minimum absolute atomic E-state index is 0.0362. The molecule has 6 atom stereocenters. The summed E-state index contributed by atoms with van der Waals surface area (Å²) < 4.78 is 5.77. The molecule has 0 saturated heterocycles. The predicted molar refractivity (Wildman–Crippen MR) is 113 cm³/mol. The standard InChI is InChI=1S/C25H44O2/c1-3-5-6-7-8-10-19-11-15-23-20(17-19)12-13-21-18-22(14-16-24(21)23)27-25(26)9-4-2/h19-24H,3-18H2,1-2H3/t19-,20?,21?,22-,23?,24?/m0/s1. The average molecular weight is 377 g/mol. The molecule has 2 nitrogen and oxygen atoms in total. The molecular weight excluding hydrogens is 332 g/mol. The van der Waals surface area contributed by atoms with E-state index in [2.05, 4.69) is 13.8 Å². The van der Waals surface area contributed by atoms with Gasteiger partial charge >= 0.3 is 5.97 Å². The number of hydrogen-bond acceptors (Lipinski definition) is 2. The highest BCUT2D eigenvalue weighted by Gasteiger charge is 2.44. The zero-order chi connectivity index (χ0) is 19.1. The fraction of sp³-hybridized carbons (Fsp3) is 0.960. The fourth-order valence-electron chi connectivity index (χ4n) is 6.70. The van der Waals surface area contributed by atoms with Crippen LogP contribution in [-0.4, -0.2) is 12.1 Å². The molecule has 3 rings (SSSR count).